The Balaban J connectivity index is 1.95. The number of carbonyl (C=O) groups excluding carboxylic acids is 2. The van der Waals surface area contributed by atoms with Crippen molar-refractivity contribution in [2.24, 2.45) is 0 Å². The first-order valence-corrected chi connectivity index (χ1v) is 10.3. The summed E-state index contributed by atoms with van der Waals surface area (Å²) in [5.74, 6) is 0.0937. The molecule has 0 bridgehead atoms. The predicted octanol–water partition coefficient (Wildman–Crippen LogP) is 4.13. The lowest BCUT2D eigenvalue weighted by Crippen LogP contribution is -2.42. The Labute approximate surface area is 179 Å². The molecule has 2 aromatic carbocycles. The van der Waals surface area contributed by atoms with Crippen LogP contribution in [0.15, 0.2) is 59.7 Å². The maximum Gasteiger partial charge on any atom is 0.224 e. The van der Waals surface area contributed by atoms with Gasteiger partial charge in [-0.15, -0.1) is 0 Å². The molecule has 1 heterocycles. The highest BCUT2D eigenvalue weighted by Crippen LogP contribution is 2.23. The summed E-state index contributed by atoms with van der Waals surface area (Å²) >= 11 is 0. The predicted molar refractivity (Wildman–Crippen MR) is 123 cm³/mol. The van der Waals surface area contributed by atoms with Gasteiger partial charge in [-0.2, -0.15) is 0 Å². The van der Waals surface area contributed by atoms with E-state index in [-0.39, 0.29) is 11.7 Å². The Hall–Kier alpha value is -2.98. The van der Waals surface area contributed by atoms with E-state index < -0.39 is 0 Å². The van der Waals surface area contributed by atoms with Gasteiger partial charge >= 0.3 is 0 Å². The first-order chi connectivity index (χ1) is 14.3. The number of nitrogens with zero attached hydrogens (tertiary/aromatic N) is 2. The molecule has 0 radical (unpaired) electrons. The molecule has 2 aromatic rings. The maximum atomic E-state index is 13.3. The van der Waals surface area contributed by atoms with E-state index in [0.717, 1.165) is 22.3 Å². The molecule has 4 nitrogen and oxygen atoms in total. The summed E-state index contributed by atoms with van der Waals surface area (Å²) in [6.45, 7) is 5.46. The summed E-state index contributed by atoms with van der Waals surface area (Å²) in [5.41, 5.74) is 5.56. The zero-order valence-corrected chi connectivity index (χ0v) is 18.3. The van der Waals surface area contributed by atoms with E-state index in [1.807, 2.05) is 81.4 Å². The van der Waals surface area contributed by atoms with Gasteiger partial charge in [0.05, 0.1) is 0 Å². The summed E-state index contributed by atoms with van der Waals surface area (Å²) in [6.07, 6.45) is 4.28. The molecular formula is C26H30N2O2. The number of rotatable bonds is 5. The van der Waals surface area contributed by atoms with Crippen molar-refractivity contribution in [1.29, 1.82) is 0 Å². The van der Waals surface area contributed by atoms with Crippen molar-refractivity contribution < 1.29 is 9.59 Å². The SMILES string of the molecule is Cc1cccc(/C=C2\CN(C(=O)CCN(C)C)C/C(=C\c3cccc(C)c3)C2=O)c1. The summed E-state index contributed by atoms with van der Waals surface area (Å²) in [5, 5.41) is 0. The number of hydrogen-bond donors (Lipinski definition) is 0. The fourth-order valence-corrected chi connectivity index (χ4v) is 3.62. The maximum absolute atomic E-state index is 13.3. The van der Waals surface area contributed by atoms with Gasteiger partial charge in [0.1, 0.15) is 0 Å². The van der Waals surface area contributed by atoms with E-state index in [2.05, 4.69) is 12.1 Å². The number of ketones is 1. The van der Waals surface area contributed by atoms with Crippen LogP contribution in [0, 0.1) is 13.8 Å². The molecule has 4 heteroatoms. The quantitative estimate of drug-likeness (QED) is 0.706. The molecule has 0 unspecified atom stereocenters. The monoisotopic (exact) mass is 402 g/mol. The number of carbonyl (C=O) groups is 2. The Morgan fingerprint density at radius 3 is 1.87 bits per heavy atom. The number of piperidine rings is 1. The second kappa shape index (κ2) is 9.68. The van der Waals surface area contributed by atoms with Gasteiger partial charge in [0.15, 0.2) is 5.78 Å². The number of amides is 1. The van der Waals surface area contributed by atoms with Gasteiger partial charge in [0.25, 0.3) is 0 Å². The highest BCUT2D eigenvalue weighted by molar-refractivity contribution is 6.15. The van der Waals surface area contributed by atoms with Gasteiger partial charge in [-0.1, -0.05) is 59.7 Å². The minimum Gasteiger partial charge on any atom is -0.334 e. The average Bonchev–Trinajstić information content (AvgIpc) is 2.69. The number of likely N-dealkylation sites (tertiary alicyclic amines) is 1. The molecule has 0 spiro atoms. The molecular weight excluding hydrogens is 372 g/mol. The second-order valence-electron chi connectivity index (χ2n) is 8.30. The standard InChI is InChI=1S/C26H30N2O2/c1-19-7-5-9-21(13-19)15-23-17-28(25(29)11-12-27(3)4)18-24(26(23)30)16-22-10-6-8-20(2)14-22/h5-10,13-16H,11-12,17-18H2,1-4H3/b23-15+,24-16+. The van der Waals surface area contributed by atoms with Crippen LogP contribution in [-0.4, -0.2) is 55.2 Å². The molecule has 1 fully saturated rings. The van der Waals surface area contributed by atoms with Crippen molar-refractivity contribution >= 4 is 23.8 Å². The van der Waals surface area contributed by atoms with Gasteiger partial charge in [-0.25, -0.2) is 0 Å². The lowest BCUT2D eigenvalue weighted by atomic mass is 9.93. The van der Waals surface area contributed by atoms with Crippen molar-refractivity contribution in [3.05, 3.63) is 81.9 Å². The van der Waals surface area contributed by atoms with E-state index in [9.17, 15) is 9.59 Å². The first kappa shape index (κ1) is 21.7. The average molecular weight is 403 g/mol. The van der Waals surface area contributed by atoms with Crippen LogP contribution >= 0.6 is 0 Å². The highest BCUT2D eigenvalue weighted by atomic mass is 16.2. The van der Waals surface area contributed by atoms with Crippen LogP contribution in [0.4, 0.5) is 0 Å². The summed E-state index contributed by atoms with van der Waals surface area (Å²) in [6, 6.07) is 16.1. The Morgan fingerprint density at radius 1 is 0.933 bits per heavy atom. The number of hydrogen-bond acceptors (Lipinski definition) is 3. The van der Waals surface area contributed by atoms with Crippen LogP contribution in [0.1, 0.15) is 28.7 Å². The van der Waals surface area contributed by atoms with Gasteiger partial charge in [-0.05, 0) is 51.2 Å². The molecule has 1 aliphatic rings. The van der Waals surface area contributed by atoms with Crippen LogP contribution in [0.25, 0.3) is 12.2 Å². The molecule has 156 valence electrons. The third-order valence-electron chi connectivity index (χ3n) is 5.20. The van der Waals surface area contributed by atoms with E-state index in [4.69, 9.17) is 0 Å². The molecule has 30 heavy (non-hydrogen) atoms. The van der Waals surface area contributed by atoms with Crippen LogP contribution in [0.2, 0.25) is 0 Å². The number of Topliss-reactive ketones (excluding diaryl/α,β-unsaturated/α-hetero) is 1. The third kappa shape index (κ3) is 5.77. The number of benzene rings is 2. The van der Waals surface area contributed by atoms with Crippen molar-refractivity contribution in [3.8, 4) is 0 Å². The Morgan fingerprint density at radius 2 is 1.43 bits per heavy atom. The van der Waals surface area contributed by atoms with Gasteiger partial charge in [0, 0.05) is 37.2 Å². The molecule has 0 atom stereocenters. The molecule has 0 aromatic heterocycles. The third-order valence-corrected chi connectivity index (χ3v) is 5.20. The van der Waals surface area contributed by atoms with Crippen LogP contribution in [0.3, 0.4) is 0 Å². The van der Waals surface area contributed by atoms with E-state index in [0.29, 0.717) is 37.2 Å². The lowest BCUT2D eigenvalue weighted by molar-refractivity contribution is -0.131. The van der Waals surface area contributed by atoms with E-state index in [1.54, 1.807) is 4.90 Å². The highest BCUT2D eigenvalue weighted by Gasteiger charge is 2.28. The van der Waals surface area contributed by atoms with Crippen molar-refractivity contribution in [2.75, 3.05) is 33.7 Å². The minimum absolute atomic E-state index is 0.0228. The van der Waals surface area contributed by atoms with E-state index in [1.165, 1.54) is 0 Å². The smallest absolute Gasteiger partial charge is 0.224 e. The second-order valence-corrected chi connectivity index (χ2v) is 8.30. The Bertz CT molecular complexity index is 934. The molecule has 0 saturated carbocycles. The van der Waals surface area contributed by atoms with Crippen molar-refractivity contribution in [3.63, 3.8) is 0 Å². The van der Waals surface area contributed by atoms with Crippen molar-refractivity contribution in [2.45, 2.75) is 20.3 Å². The molecule has 1 aliphatic heterocycles. The minimum atomic E-state index is 0.0228. The fraction of sp³-hybridized carbons (Fsp3) is 0.308. The molecule has 0 aliphatic carbocycles. The first-order valence-electron chi connectivity index (χ1n) is 10.3. The summed E-state index contributed by atoms with van der Waals surface area (Å²) in [4.78, 5) is 29.9. The Kier molecular flexibility index (Phi) is 7.01. The molecule has 3 rings (SSSR count). The van der Waals surface area contributed by atoms with Crippen molar-refractivity contribution in [1.82, 2.24) is 9.80 Å². The van der Waals surface area contributed by atoms with Crippen LogP contribution in [-0.2, 0) is 9.59 Å². The van der Waals surface area contributed by atoms with E-state index >= 15 is 0 Å². The fourth-order valence-electron chi connectivity index (χ4n) is 3.62. The van der Waals surface area contributed by atoms with Gasteiger partial charge in [0.2, 0.25) is 5.91 Å². The normalized spacial score (nSPS) is 17.2. The molecule has 0 N–H and O–H groups in total. The summed E-state index contributed by atoms with van der Waals surface area (Å²) < 4.78 is 0. The van der Waals surface area contributed by atoms with Crippen LogP contribution in [0.5, 0.6) is 0 Å². The van der Waals surface area contributed by atoms with Gasteiger partial charge < -0.3 is 9.80 Å². The molecule has 1 amide bonds. The lowest BCUT2D eigenvalue weighted by Gasteiger charge is -2.30. The number of aryl methyl sites for hydroxylation is 2. The van der Waals surface area contributed by atoms with Crippen LogP contribution < -0.4 is 0 Å². The topological polar surface area (TPSA) is 40.6 Å². The molecule has 1 saturated heterocycles. The zero-order valence-electron chi connectivity index (χ0n) is 18.3. The summed E-state index contributed by atoms with van der Waals surface area (Å²) in [7, 11) is 3.91. The zero-order chi connectivity index (χ0) is 21.7. The largest absolute Gasteiger partial charge is 0.334 e. The van der Waals surface area contributed by atoms with Gasteiger partial charge in [-0.3, -0.25) is 9.59 Å².